The fourth-order valence-corrected chi connectivity index (χ4v) is 6.95. The third-order valence-corrected chi connectivity index (χ3v) is 9.68. The number of quaternary nitrogens is 1. The number of carbonyl (C=O) groups is 1. The van der Waals surface area contributed by atoms with Gasteiger partial charge in [-0.25, -0.2) is 14.5 Å². The molecule has 0 saturated carbocycles. The SMILES string of the molecule is CC(C)[N+]1(C)C=C(c2nn(C(c3ccccc3)(c3ccccc3)c3ccccc3)c3ccnc(OC4CCOCC4)c23)C=C1C(=O)O. The molecule has 2 aliphatic rings. The molecule has 0 bridgehead atoms. The Morgan fingerprint density at radius 3 is 1.96 bits per heavy atom. The van der Waals surface area contributed by atoms with Crippen molar-refractivity contribution in [3.8, 4) is 5.88 Å². The minimum absolute atomic E-state index is 0.0173. The number of benzene rings is 3. The molecule has 8 heteroatoms. The fourth-order valence-electron chi connectivity index (χ4n) is 6.95. The molecule has 2 aromatic heterocycles. The van der Waals surface area contributed by atoms with Crippen molar-refractivity contribution in [2.45, 2.75) is 44.4 Å². The minimum atomic E-state index is -0.958. The molecular weight excluding hydrogens is 588 g/mol. The maximum absolute atomic E-state index is 12.6. The minimum Gasteiger partial charge on any atom is -0.474 e. The van der Waals surface area contributed by atoms with Gasteiger partial charge >= 0.3 is 5.97 Å². The number of carboxylic acid groups (broad SMARTS) is 1. The Morgan fingerprint density at radius 1 is 0.915 bits per heavy atom. The number of fused-ring (bicyclic) bond motifs is 1. The molecule has 4 heterocycles. The second kappa shape index (κ2) is 12.3. The molecule has 1 N–H and O–H groups in total. The van der Waals surface area contributed by atoms with Gasteiger partial charge in [0.2, 0.25) is 11.6 Å². The summed E-state index contributed by atoms with van der Waals surface area (Å²) in [5, 5.41) is 16.6. The average molecular weight is 628 g/mol. The second-order valence-corrected chi connectivity index (χ2v) is 12.7. The highest BCUT2D eigenvalue weighted by Crippen LogP contribution is 2.46. The normalized spacial score (nSPS) is 18.7. The Labute approximate surface area is 274 Å². The van der Waals surface area contributed by atoms with Crippen molar-refractivity contribution in [2.24, 2.45) is 0 Å². The number of pyridine rings is 1. The van der Waals surface area contributed by atoms with Crippen molar-refractivity contribution in [1.29, 1.82) is 0 Å². The van der Waals surface area contributed by atoms with Gasteiger partial charge in [-0.05, 0) is 36.6 Å². The van der Waals surface area contributed by atoms with Crippen LogP contribution in [0.2, 0.25) is 0 Å². The molecule has 3 aromatic carbocycles. The number of likely N-dealkylation sites (N-methyl/N-ethyl adjacent to an activating group) is 1. The van der Waals surface area contributed by atoms with Crippen molar-refractivity contribution in [3.63, 3.8) is 0 Å². The molecule has 0 radical (unpaired) electrons. The van der Waals surface area contributed by atoms with Crippen LogP contribution in [0.25, 0.3) is 16.5 Å². The van der Waals surface area contributed by atoms with E-state index >= 15 is 0 Å². The van der Waals surface area contributed by atoms with Crippen LogP contribution >= 0.6 is 0 Å². The van der Waals surface area contributed by atoms with Gasteiger partial charge in [-0.15, -0.1) is 0 Å². The number of hydrogen-bond acceptors (Lipinski definition) is 5. The molecule has 1 atom stereocenters. The molecular formula is C39H39N4O4+. The van der Waals surface area contributed by atoms with E-state index < -0.39 is 11.5 Å². The zero-order valence-corrected chi connectivity index (χ0v) is 26.9. The maximum Gasteiger partial charge on any atom is 0.390 e. The lowest BCUT2D eigenvalue weighted by Crippen LogP contribution is -2.44. The summed E-state index contributed by atoms with van der Waals surface area (Å²) < 4.78 is 14.5. The van der Waals surface area contributed by atoms with Gasteiger partial charge < -0.3 is 14.6 Å². The van der Waals surface area contributed by atoms with Crippen LogP contribution in [-0.4, -0.2) is 62.7 Å². The summed E-state index contributed by atoms with van der Waals surface area (Å²) in [5.74, 6) is -0.476. The predicted molar refractivity (Wildman–Crippen MR) is 182 cm³/mol. The molecule has 0 amide bonds. The summed E-state index contributed by atoms with van der Waals surface area (Å²) in [6.07, 6.45) is 7.00. The smallest absolute Gasteiger partial charge is 0.390 e. The average Bonchev–Trinajstić information content (AvgIpc) is 3.67. The van der Waals surface area contributed by atoms with Gasteiger partial charge in [0, 0.05) is 25.1 Å². The zero-order valence-electron chi connectivity index (χ0n) is 26.9. The summed E-state index contributed by atoms with van der Waals surface area (Å²) in [7, 11) is 1.93. The standard InChI is InChI=1S/C39H38N4O4/c1-27(2)43(3)26-28(25-34(43)38(44)45)36-35-33(19-22-40-37(35)47-32-20-23-46-24-21-32)42(41-36)39(29-13-7-4-8-14-29,30-15-9-5-10-16-30)31-17-11-6-12-18-31/h4-19,22,25-27,32H,20-21,23-24H2,1-3H3/p+1. The van der Waals surface area contributed by atoms with Crippen LogP contribution in [0.15, 0.2) is 121 Å². The molecule has 0 aliphatic carbocycles. The number of allylic oxidation sites excluding steroid dienone is 2. The van der Waals surface area contributed by atoms with Crippen LogP contribution in [0, 0.1) is 0 Å². The van der Waals surface area contributed by atoms with Crippen LogP contribution in [0.4, 0.5) is 0 Å². The third kappa shape index (κ3) is 5.14. The topological polar surface area (TPSA) is 86.5 Å². The number of hydrogen-bond donors (Lipinski definition) is 1. The first-order valence-corrected chi connectivity index (χ1v) is 16.2. The van der Waals surface area contributed by atoms with E-state index in [0.717, 1.165) is 46.0 Å². The molecule has 7 rings (SSSR count). The number of rotatable bonds is 9. The Balaban J connectivity index is 1.59. The van der Waals surface area contributed by atoms with Gasteiger partial charge in [0.15, 0.2) is 0 Å². The van der Waals surface area contributed by atoms with E-state index in [1.165, 1.54) is 0 Å². The van der Waals surface area contributed by atoms with Crippen LogP contribution < -0.4 is 4.74 Å². The summed E-state index contributed by atoms with van der Waals surface area (Å²) in [6.45, 7) is 5.32. The molecule has 1 fully saturated rings. The number of aliphatic carboxylic acids is 1. The Morgan fingerprint density at radius 2 is 1.47 bits per heavy atom. The third-order valence-electron chi connectivity index (χ3n) is 9.68. The van der Waals surface area contributed by atoms with Crippen molar-refractivity contribution in [3.05, 3.63) is 144 Å². The van der Waals surface area contributed by atoms with E-state index in [1.54, 1.807) is 12.3 Å². The zero-order chi connectivity index (χ0) is 32.6. The van der Waals surface area contributed by atoms with E-state index in [0.29, 0.717) is 24.8 Å². The lowest BCUT2D eigenvalue weighted by atomic mass is 9.77. The molecule has 238 valence electrons. The highest BCUT2D eigenvalue weighted by atomic mass is 16.5. The first-order chi connectivity index (χ1) is 22.8. The monoisotopic (exact) mass is 627 g/mol. The number of aromatic nitrogens is 3. The predicted octanol–water partition coefficient (Wildman–Crippen LogP) is 7.01. The second-order valence-electron chi connectivity index (χ2n) is 12.7. The number of ether oxygens (including phenoxy) is 2. The van der Waals surface area contributed by atoms with E-state index in [4.69, 9.17) is 19.6 Å². The van der Waals surface area contributed by atoms with E-state index in [1.807, 2.05) is 51.4 Å². The Bertz CT molecular complexity index is 1870. The molecule has 2 aliphatic heterocycles. The number of nitrogens with zero attached hydrogens (tertiary/aromatic N) is 4. The van der Waals surface area contributed by atoms with Crippen LogP contribution in [0.1, 0.15) is 49.1 Å². The van der Waals surface area contributed by atoms with Crippen molar-refractivity contribution in [2.75, 3.05) is 20.3 Å². The first-order valence-electron chi connectivity index (χ1n) is 16.2. The molecule has 8 nitrogen and oxygen atoms in total. The first kappa shape index (κ1) is 30.6. The molecule has 0 spiro atoms. The van der Waals surface area contributed by atoms with Crippen molar-refractivity contribution < 1.29 is 23.9 Å². The van der Waals surface area contributed by atoms with Crippen LogP contribution in [-0.2, 0) is 15.1 Å². The lowest BCUT2D eigenvalue weighted by molar-refractivity contribution is -0.836. The molecule has 1 unspecified atom stereocenters. The summed E-state index contributed by atoms with van der Waals surface area (Å²) >= 11 is 0. The van der Waals surface area contributed by atoms with Gasteiger partial charge in [0.05, 0.1) is 42.8 Å². The van der Waals surface area contributed by atoms with Gasteiger partial charge in [0.1, 0.15) is 23.5 Å². The van der Waals surface area contributed by atoms with Crippen LogP contribution in [0.3, 0.4) is 0 Å². The highest BCUT2D eigenvalue weighted by Gasteiger charge is 2.44. The molecule has 1 saturated heterocycles. The number of carboxylic acids is 1. The Kier molecular flexibility index (Phi) is 7.99. The van der Waals surface area contributed by atoms with E-state index in [-0.39, 0.29) is 22.3 Å². The van der Waals surface area contributed by atoms with E-state index in [9.17, 15) is 9.90 Å². The van der Waals surface area contributed by atoms with Crippen molar-refractivity contribution >= 4 is 22.4 Å². The maximum atomic E-state index is 12.6. The summed E-state index contributed by atoms with van der Waals surface area (Å²) in [5.41, 5.74) is 4.65. The van der Waals surface area contributed by atoms with Gasteiger partial charge in [-0.3, -0.25) is 4.48 Å². The Hall–Kier alpha value is -5.05. The lowest BCUT2D eigenvalue weighted by Gasteiger charge is -2.37. The largest absolute Gasteiger partial charge is 0.474 e. The molecule has 5 aromatic rings. The quantitative estimate of drug-likeness (QED) is 0.140. The van der Waals surface area contributed by atoms with E-state index in [2.05, 4.69) is 77.5 Å². The summed E-state index contributed by atoms with van der Waals surface area (Å²) in [6, 6.07) is 33.2. The van der Waals surface area contributed by atoms with Crippen LogP contribution in [0.5, 0.6) is 5.88 Å². The summed E-state index contributed by atoms with van der Waals surface area (Å²) in [4.78, 5) is 17.4. The fraction of sp³-hybridized carbons (Fsp3) is 0.256. The van der Waals surface area contributed by atoms with Gasteiger partial charge in [-0.2, -0.15) is 5.10 Å². The van der Waals surface area contributed by atoms with Crippen molar-refractivity contribution in [1.82, 2.24) is 14.8 Å². The van der Waals surface area contributed by atoms with Gasteiger partial charge in [-0.1, -0.05) is 91.0 Å². The van der Waals surface area contributed by atoms with Gasteiger partial charge in [0.25, 0.3) is 0 Å². The molecule has 47 heavy (non-hydrogen) atoms. The highest BCUT2D eigenvalue weighted by molar-refractivity contribution is 5.99.